The Balaban J connectivity index is 0.00000324. The van der Waals surface area contributed by atoms with Crippen LogP contribution in [0.15, 0.2) is 29.3 Å². The third kappa shape index (κ3) is 6.97. The summed E-state index contributed by atoms with van der Waals surface area (Å²) < 4.78 is 4.87. The highest BCUT2D eigenvalue weighted by atomic mass is 127. The summed E-state index contributed by atoms with van der Waals surface area (Å²) in [5.74, 6) is -0.0724. The summed E-state index contributed by atoms with van der Waals surface area (Å²) in [6.45, 7) is 1.64. The van der Waals surface area contributed by atoms with E-state index in [2.05, 4.69) is 10.3 Å². The van der Waals surface area contributed by atoms with Crippen molar-refractivity contribution in [2.75, 3.05) is 20.3 Å². The Morgan fingerprint density at radius 3 is 2.47 bits per heavy atom. The van der Waals surface area contributed by atoms with Crippen LogP contribution in [0.5, 0.6) is 0 Å². The van der Waals surface area contributed by atoms with Gasteiger partial charge >= 0.3 is 0 Å². The zero-order chi connectivity index (χ0) is 13.4. The summed E-state index contributed by atoms with van der Waals surface area (Å²) in [4.78, 5) is 15.0. The Bertz CT molecular complexity index is 420. The van der Waals surface area contributed by atoms with Gasteiger partial charge in [-0.2, -0.15) is 0 Å². The molecule has 0 heterocycles. The number of methoxy groups -OCH3 is 1. The molecule has 0 saturated carbocycles. The number of guanidine groups is 1. The highest BCUT2D eigenvalue weighted by molar-refractivity contribution is 14.0. The number of nitrogens with zero attached hydrogens (tertiary/aromatic N) is 1. The first-order chi connectivity index (χ1) is 8.63. The minimum Gasteiger partial charge on any atom is -0.383 e. The van der Waals surface area contributed by atoms with Gasteiger partial charge in [0, 0.05) is 19.2 Å². The van der Waals surface area contributed by atoms with Gasteiger partial charge in [-0.15, -0.1) is 24.0 Å². The molecule has 1 aromatic rings. The van der Waals surface area contributed by atoms with Crippen molar-refractivity contribution in [3.05, 3.63) is 35.4 Å². The van der Waals surface area contributed by atoms with Crippen LogP contribution >= 0.6 is 24.0 Å². The van der Waals surface area contributed by atoms with Crippen molar-refractivity contribution >= 4 is 35.8 Å². The smallest absolute Gasteiger partial charge is 0.248 e. The topological polar surface area (TPSA) is 103 Å². The van der Waals surface area contributed by atoms with Crippen LogP contribution in [0.2, 0.25) is 0 Å². The third-order valence-corrected chi connectivity index (χ3v) is 2.28. The van der Waals surface area contributed by atoms with Gasteiger partial charge in [-0.25, -0.2) is 4.99 Å². The average molecular weight is 378 g/mol. The van der Waals surface area contributed by atoms with Crippen molar-refractivity contribution in [1.82, 2.24) is 5.32 Å². The molecule has 0 spiro atoms. The van der Waals surface area contributed by atoms with E-state index in [0.717, 1.165) is 5.56 Å². The fraction of sp³-hybridized carbons (Fsp3) is 0.333. The van der Waals surface area contributed by atoms with Gasteiger partial charge < -0.3 is 21.5 Å². The molecule has 1 rings (SSSR count). The standard InChI is InChI=1S/C12H18N4O2.HI/c1-18-7-6-15-12(14)16-8-9-2-4-10(5-3-9)11(13)17;/h2-5H,6-8H2,1H3,(H2,13,17)(H3,14,15,16);1H. The van der Waals surface area contributed by atoms with Crippen molar-refractivity contribution in [1.29, 1.82) is 0 Å². The van der Waals surface area contributed by atoms with E-state index >= 15 is 0 Å². The molecule has 0 aliphatic heterocycles. The summed E-state index contributed by atoms with van der Waals surface area (Å²) in [5, 5.41) is 2.91. The minimum atomic E-state index is -0.439. The van der Waals surface area contributed by atoms with Crippen molar-refractivity contribution in [3.63, 3.8) is 0 Å². The van der Waals surface area contributed by atoms with Gasteiger partial charge in [0.05, 0.1) is 13.2 Å². The maximum atomic E-state index is 10.9. The lowest BCUT2D eigenvalue weighted by Crippen LogP contribution is -2.34. The molecular weight excluding hydrogens is 359 g/mol. The molecule has 106 valence electrons. The Morgan fingerprint density at radius 1 is 1.32 bits per heavy atom. The van der Waals surface area contributed by atoms with Crippen LogP contribution in [-0.4, -0.2) is 32.1 Å². The largest absolute Gasteiger partial charge is 0.383 e. The second-order valence-electron chi connectivity index (χ2n) is 3.68. The SMILES string of the molecule is COCCNC(N)=NCc1ccc(C(N)=O)cc1.I. The van der Waals surface area contributed by atoms with Crippen molar-refractivity contribution in [2.24, 2.45) is 16.5 Å². The number of ether oxygens (including phenoxy) is 1. The summed E-state index contributed by atoms with van der Waals surface area (Å²) in [6.07, 6.45) is 0. The van der Waals surface area contributed by atoms with Crippen molar-refractivity contribution in [3.8, 4) is 0 Å². The second-order valence-corrected chi connectivity index (χ2v) is 3.68. The Morgan fingerprint density at radius 2 is 1.95 bits per heavy atom. The van der Waals surface area contributed by atoms with E-state index in [0.29, 0.717) is 31.2 Å². The summed E-state index contributed by atoms with van der Waals surface area (Å²) in [7, 11) is 1.62. The number of amides is 1. The molecule has 1 aromatic carbocycles. The summed E-state index contributed by atoms with van der Waals surface area (Å²) in [5.41, 5.74) is 12.2. The molecule has 0 bridgehead atoms. The van der Waals surface area contributed by atoms with Gasteiger partial charge in [-0.05, 0) is 17.7 Å². The molecule has 0 radical (unpaired) electrons. The van der Waals surface area contributed by atoms with E-state index in [1.165, 1.54) is 0 Å². The number of aliphatic imine (C=N–C) groups is 1. The number of rotatable bonds is 6. The molecule has 5 N–H and O–H groups in total. The maximum Gasteiger partial charge on any atom is 0.248 e. The van der Waals surface area contributed by atoms with Gasteiger partial charge in [-0.3, -0.25) is 4.79 Å². The molecule has 19 heavy (non-hydrogen) atoms. The molecule has 1 amide bonds. The molecule has 0 aliphatic rings. The molecule has 0 fully saturated rings. The zero-order valence-electron chi connectivity index (χ0n) is 10.8. The molecule has 0 aliphatic carbocycles. The van der Waals surface area contributed by atoms with Crippen LogP contribution < -0.4 is 16.8 Å². The molecule has 0 atom stereocenters. The minimum absolute atomic E-state index is 0. The molecular formula is C12H19IN4O2. The Hall–Kier alpha value is -1.35. The first-order valence-electron chi connectivity index (χ1n) is 5.55. The van der Waals surface area contributed by atoms with Crippen LogP contribution in [0.4, 0.5) is 0 Å². The lowest BCUT2D eigenvalue weighted by molar-refractivity contribution is 0.100. The molecule has 0 unspecified atom stereocenters. The molecule has 0 saturated heterocycles. The van der Waals surface area contributed by atoms with Crippen LogP contribution in [0.3, 0.4) is 0 Å². The van der Waals surface area contributed by atoms with Crippen LogP contribution in [0.1, 0.15) is 15.9 Å². The fourth-order valence-electron chi connectivity index (χ4n) is 1.29. The second kappa shape index (κ2) is 9.56. The van der Waals surface area contributed by atoms with Crippen LogP contribution in [0.25, 0.3) is 0 Å². The zero-order valence-corrected chi connectivity index (χ0v) is 13.1. The van der Waals surface area contributed by atoms with E-state index in [-0.39, 0.29) is 24.0 Å². The first-order valence-corrected chi connectivity index (χ1v) is 5.55. The van der Waals surface area contributed by atoms with Gasteiger partial charge in [0.25, 0.3) is 0 Å². The first kappa shape index (κ1) is 17.6. The molecule has 7 heteroatoms. The maximum absolute atomic E-state index is 10.9. The predicted octanol–water partition coefficient (Wildman–Crippen LogP) is 0.454. The normalized spacial score (nSPS) is 10.7. The van der Waals surface area contributed by atoms with E-state index < -0.39 is 5.91 Å². The predicted molar refractivity (Wildman–Crippen MR) is 85.6 cm³/mol. The number of carbonyl (C=O) groups is 1. The third-order valence-electron chi connectivity index (χ3n) is 2.28. The average Bonchev–Trinajstić information content (AvgIpc) is 2.37. The number of nitrogens with two attached hydrogens (primary N) is 2. The van der Waals surface area contributed by atoms with Gasteiger partial charge in [-0.1, -0.05) is 12.1 Å². The number of hydrogen-bond donors (Lipinski definition) is 3. The lowest BCUT2D eigenvalue weighted by Gasteiger charge is -2.04. The fourth-order valence-corrected chi connectivity index (χ4v) is 1.29. The number of primary amides is 1. The van der Waals surface area contributed by atoms with E-state index in [4.69, 9.17) is 16.2 Å². The van der Waals surface area contributed by atoms with Gasteiger partial charge in [0.1, 0.15) is 0 Å². The number of hydrogen-bond acceptors (Lipinski definition) is 3. The van der Waals surface area contributed by atoms with Gasteiger partial charge in [0.2, 0.25) is 5.91 Å². The monoisotopic (exact) mass is 378 g/mol. The van der Waals surface area contributed by atoms with Crippen LogP contribution in [0, 0.1) is 0 Å². The highest BCUT2D eigenvalue weighted by Gasteiger charge is 1.99. The van der Waals surface area contributed by atoms with E-state index in [1.807, 2.05) is 0 Å². The van der Waals surface area contributed by atoms with Gasteiger partial charge in [0.15, 0.2) is 5.96 Å². The highest BCUT2D eigenvalue weighted by Crippen LogP contribution is 2.04. The number of nitrogens with one attached hydrogen (secondary N) is 1. The number of benzene rings is 1. The number of carbonyl (C=O) groups excluding carboxylic acids is 1. The lowest BCUT2D eigenvalue weighted by atomic mass is 10.1. The summed E-state index contributed by atoms with van der Waals surface area (Å²) in [6, 6.07) is 6.93. The molecule has 0 aromatic heterocycles. The molecule has 6 nitrogen and oxygen atoms in total. The van der Waals surface area contributed by atoms with Crippen LogP contribution in [-0.2, 0) is 11.3 Å². The Labute approximate surface area is 129 Å². The summed E-state index contributed by atoms with van der Waals surface area (Å²) >= 11 is 0. The Kier molecular flexibility index (Phi) is 8.88. The quantitative estimate of drug-likeness (QED) is 0.290. The van der Waals surface area contributed by atoms with E-state index in [9.17, 15) is 4.79 Å². The van der Waals surface area contributed by atoms with Crippen molar-refractivity contribution in [2.45, 2.75) is 6.54 Å². The van der Waals surface area contributed by atoms with Crippen molar-refractivity contribution < 1.29 is 9.53 Å². The van der Waals surface area contributed by atoms with E-state index in [1.54, 1.807) is 31.4 Å². The number of halogens is 1.